The van der Waals surface area contributed by atoms with Crippen LogP contribution in [0.25, 0.3) is 39.2 Å². The lowest BCUT2D eigenvalue weighted by Crippen LogP contribution is -2.21. The molecule has 0 atom stereocenters. The molecule has 0 aliphatic heterocycles. The van der Waals surface area contributed by atoms with Crippen LogP contribution in [0.15, 0.2) is 53.3 Å². The van der Waals surface area contributed by atoms with Gasteiger partial charge in [0.15, 0.2) is 5.69 Å². The molecule has 2 aromatic carbocycles. The lowest BCUT2D eigenvalue weighted by Gasteiger charge is -2.11. The van der Waals surface area contributed by atoms with Gasteiger partial charge in [-0.2, -0.15) is 22.8 Å². The van der Waals surface area contributed by atoms with Crippen molar-refractivity contribution in [3.05, 3.63) is 70.3 Å². The minimum atomic E-state index is -4.75. The molecule has 0 amide bonds. The largest absolute Gasteiger partial charge is 0.494 e. The van der Waals surface area contributed by atoms with Crippen molar-refractivity contribution < 1.29 is 17.9 Å². The smallest absolute Gasteiger partial charge is 0.435 e. The van der Waals surface area contributed by atoms with E-state index in [1.165, 1.54) is 0 Å². The number of fused-ring (bicyclic) bond motifs is 2. The number of aromatic nitrogens is 5. The van der Waals surface area contributed by atoms with Gasteiger partial charge >= 0.3 is 6.18 Å². The number of H-pyrrole nitrogens is 1. The number of para-hydroxylation sites is 1. The van der Waals surface area contributed by atoms with Crippen LogP contribution in [0.2, 0.25) is 0 Å². The number of nitrogens with one attached hydrogen (secondary N) is 1. The van der Waals surface area contributed by atoms with Crippen molar-refractivity contribution in [1.82, 2.24) is 24.1 Å². The maximum absolute atomic E-state index is 14.0. The molecule has 0 spiro atoms. The molecular formula is C26H22F3N5O2. The van der Waals surface area contributed by atoms with Crippen LogP contribution >= 0.6 is 0 Å². The Hall–Kier alpha value is -4.08. The van der Waals surface area contributed by atoms with Gasteiger partial charge in [0.2, 0.25) is 0 Å². The van der Waals surface area contributed by atoms with E-state index >= 15 is 0 Å². The number of nitrogens with zero attached hydrogens (tertiary/aromatic N) is 4. The molecule has 184 valence electrons. The van der Waals surface area contributed by atoms with E-state index < -0.39 is 17.4 Å². The third-order valence-corrected chi connectivity index (χ3v) is 6.63. The Balaban J connectivity index is 1.66. The Morgan fingerprint density at radius 1 is 1.08 bits per heavy atom. The summed E-state index contributed by atoms with van der Waals surface area (Å²) in [6.07, 6.45) is -2.60. The van der Waals surface area contributed by atoms with E-state index in [1.807, 2.05) is 16.7 Å². The maximum atomic E-state index is 14.0. The predicted molar refractivity (Wildman–Crippen MR) is 129 cm³/mol. The van der Waals surface area contributed by atoms with Gasteiger partial charge in [-0.15, -0.1) is 0 Å². The number of aromatic amines is 1. The molecule has 3 aromatic heterocycles. The lowest BCUT2D eigenvalue weighted by atomic mass is 10.1. The van der Waals surface area contributed by atoms with Crippen LogP contribution in [0, 0.1) is 12.8 Å². The number of rotatable bonds is 5. The quantitative estimate of drug-likeness (QED) is 0.353. The van der Waals surface area contributed by atoms with Gasteiger partial charge in [0.25, 0.3) is 5.56 Å². The highest BCUT2D eigenvalue weighted by molar-refractivity contribution is 5.87. The molecule has 1 aliphatic rings. The highest BCUT2D eigenvalue weighted by atomic mass is 19.4. The first-order valence-corrected chi connectivity index (χ1v) is 11.6. The van der Waals surface area contributed by atoms with Crippen molar-refractivity contribution in [2.75, 3.05) is 7.11 Å². The van der Waals surface area contributed by atoms with E-state index in [-0.39, 0.29) is 16.8 Å². The Morgan fingerprint density at radius 3 is 2.50 bits per heavy atom. The summed E-state index contributed by atoms with van der Waals surface area (Å²) in [7, 11) is 1.55. The first-order valence-electron chi connectivity index (χ1n) is 11.6. The molecule has 1 N–H and O–H groups in total. The SMILES string of the molecule is COc1cccc2c1nc(-c1c(C)[nH]c3c(-c4ccccc4)c(C(F)(F)F)nn3c1=O)n2CC1CC1. The number of imidazole rings is 1. The molecule has 7 nitrogen and oxygen atoms in total. The number of hydrogen-bond acceptors (Lipinski definition) is 4. The highest BCUT2D eigenvalue weighted by Crippen LogP contribution is 2.39. The lowest BCUT2D eigenvalue weighted by molar-refractivity contribution is -0.140. The van der Waals surface area contributed by atoms with E-state index in [0.717, 1.165) is 22.9 Å². The van der Waals surface area contributed by atoms with Crippen LogP contribution in [0.4, 0.5) is 13.2 Å². The summed E-state index contributed by atoms with van der Waals surface area (Å²) in [5.74, 6) is 1.40. The molecule has 0 bridgehead atoms. The standard InChI is InChI=1S/C26H22F3N5O2/c1-14-19(23-31-21-17(9-6-10-18(21)36-2)33(23)13-15-11-12-15)25(35)34-24(30-14)20(16-7-4-3-5-8-16)22(32-34)26(27,28)29/h3-10,15,30H,11-13H2,1-2H3. The fraction of sp³-hybridized carbons (Fsp3) is 0.269. The normalized spacial score (nSPS) is 14.1. The summed E-state index contributed by atoms with van der Waals surface area (Å²) >= 11 is 0. The number of ether oxygens (including phenoxy) is 1. The van der Waals surface area contributed by atoms with E-state index in [2.05, 4.69) is 10.1 Å². The van der Waals surface area contributed by atoms with Gasteiger partial charge in [0, 0.05) is 12.2 Å². The summed E-state index contributed by atoms with van der Waals surface area (Å²) in [5.41, 5.74) is 0.333. The summed E-state index contributed by atoms with van der Waals surface area (Å²) in [6.45, 7) is 2.32. The van der Waals surface area contributed by atoms with Crippen LogP contribution in [-0.4, -0.2) is 31.3 Å². The van der Waals surface area contributed by atoms with Gasteiger partial charge in [-0.1, -0.05) is 36.4 Å². The maximum Gasteiger partial charge on any atom is 0.435 e. The van der Waals surface area contributed by atoms with Crippen molar-refractivity contribution >= 4 is 16.7 Å². The van der Waals surface area contributed by atoms with Gasteiger partial charge < -0.3 is 14.3 Å². The molecule has 0 radical (unpaired) electrons. The molecule has 3 heterocycles. The van der Waals surface area contributed by atoms with Gasteiger partial charge in [0.05, 0.1) is 18.2 Å². The molecular weight excluding hydrogens is 471 g/mol. The monoisotopic (exact) mass is 493 g/mol. The van der Waals surface area contributed by atoms with Crippen molar-refractivity contribution in [2.45, 2.75) is 32.5 Å². The van der Waals surface area contributed by atoms with E-state index in [4.69, 9.17) is 9.72 Å². The zero-order chi connectivity index (χ0) is 25.2. The summed E-state index contributed by atoms with van der Waals surface area (Å²) in [6, 6.07) is 13.7. The predicted octanol–water partition coefficient (Wildman–Crippen LogP) is 5.45. The summed E-state index contributed by atoms with van der Waals surface area (Å²) < 4.78 is 50.4. The second-order valence-corrected chi connectivity index (χ2v) is 9.10. The minimum Gasteiger partial charge on any atom is -0.494 e. The molecule has 0 unspecified atom stereocenters. The fourth-order valence-electron chi connectivity index (χ4n) is 4.75. The summed E-state index contributed by atoms with van der Waals surface area (Å²) in [4.78, 5) is 21.6. The Morgan fingerprint density at radius 2 is 1.83 bits per heavy atom. The third kappa shape index (κ3) is 3.47. The second-order valence-electron chi connectivity index (χ2n) is 9.10. The number of benzene rings is 2. The third-order valence-electron chi connectivity index (χ3n) is 6.63. The van der Waals surface area contributed by atoms with E-state index in [0.29, 0.717) is 40.8 Å². The zero-order valence-electron chi connectivity index (χ0n) is 19.6. The number of aryl methyl sites for hydroxylation is 1. The number of hydrogen-bond donors (Lipinski definition) is 1. The topological polar surface area (TPSA) is 77.2 Å². The molecule has 1 fully saturated rings. The van der Waals surface area contributed by atoms with Gasteiger partial charge in [-0.25, -0.2) is 4.98 Å². The number of halogens is 3. The second kappa shape index (κ2) is 7.97. The van der Waals surface area contributed by atoms with E-state index in [1.54, 1.807) is 50.4 Å². The van der Waals surface area contributed by atoms with Crippen molar-refractivity contribution in [3.63, 3.8) is 0 Å². The van der Waals surface area contributed by atoms with Crippen LogP contribution in [0.5, 0.6) is 5.75 Å². The van der Waals surface area contributed by atoms with E-state index in [9.17, 15) is 18.0 Å². The Bertz CT molecular complexity index is 1680. The molecule has 1 saturated carbocycles. The minimum absolute atomic E-state index is 0.0118. The van der Waals surface area contributed by atoms with Crippen LogP contribution in [0.1, 0.15) is 24.2 Å². The molecule has 36 heavy (non-hydrogen) atoms. The molecule has 1 aliphatic carbocycles. The zero-order valence-corrected chi connectivity index (χ0v) is 19.6. The van der Waals surface area contributed by atoms with Crippen LogP contribution in [-0.2, 0) is 12.7 Å². The molecule has 10 heteroatoms. The fourth-order valence-corrected chi connectivity index (χ4v) is 4.75. The van der Waals surface area contributed by atoms with Crippen LogP contribution < -0.4 is 10.3 Å². The summed E-state index contributed by atoms with van der Waals surface area (Å²) in [5, 5.41) is 3.76. The average Bonchev–Trinajstić information content (AvgIpc) is 3.48. The highest BCUT2D eigenvalue weighted by Gasteiger charge is 2.39. The molecule has 0 saturated heterocycles. The molecule has 5 aromatic rings. The van der Waals surface area contributed by atoms with Gasteiger partial charge in [-0.3, -0.25) is 4.79 Å². The molecule has 6 rings (SSSR count). The van der Waals surface area contributed by atoms with Crippen molar-refractivity contribution in [2.24, 2.45) is 5.92 Å². The van der Waals surface area contributed by atoms with Gasteiger partial charge in [0.1, 0.15) is 28.3 Å². The van der Waals surface area contributed by atoms with Gasteiger partial charge in [-0.05, 0) is 43.4 Å². The average molecular weight is 493 g/mol. The Labute approximate surface area is 203 Å². The first kappa shape index (κ1) is 22.4. The Kier molecular flexibility index (Phi) is 4.96. The number of methoxy groups -OCH3 is 1. The number of alkyl halides is 3. The van der Waals surface area contributed by atoms with Crippen molar-refractivity contribution in [3.8, 4) is 28.3 Å². The van der Waals surface area contributed by atoms with Crippen LogP contribution in [0.3, 0.4) is 0 Å². The van der Waals surface area contributed by atoms with Crippen molar-refractivity contribution in [1.29, 1.82) is 0 Å². The first-order chi connectivity index (χ1) is 17.3.